The second-order valence-electron chi connectivity index (χ2n) is 5.94. The van der Waals surface area contributed by atoms with Gasteiger partial charge in [-0.25, -0.2) is 0 Å². The maximum absolute atomic E-state index is 5.87. The van der Waals surface area contributed by atoms with E-state index in [-0.39, 0.29) is 0 Å². The SMILES string of the molecule is C1=C\c2ccccc2OCCOCCOCCOCCOc2ccccc2/1. The molecule has 0 aliphatic carbocycles. The molecule has 1 aliphatic rings. The van der Waals surface area contributed by atoms with Gasteiger partial charge in [-0.05, 0) is 12.1 Å². The van der Waals surface area contributed by atoms with Crippen LogP contribution in [0.15, 0.2) is 48.5 Å². The highest BCUT2D eigenvalue weighted by molar-refractivity contribution is 5.74. The van der Waals surface area contributed by atoms with Crippen molar-refractivity contribution >= 4 is 12.2 Å². The molecule has 0 radical (unpaired) electrons. The van der Waals surface area contributed by atoms with E-state index in [1.165, 1.54) is 0 Å². The molecule has 0 fully saturated rings. The lowest BCUT2D eigenvalue weighted by molar-refractivity contribution is 0.00498. The van der Waals surface area contributed by atoms with Crippen LogP contribution in [0, 0.1) is 0 Å². The van der Waals surface area contributed by atoms with Crippen molar-refractivity contribution in [1.82, 2.24) is 0 Å². The number of ether oxygens (including phenoxy) is 5. The first kappa shape index (κ1) is 19.4. The van der Waals surface area contributed by atoms with E-state index in [9.17, 15) is 0 Å². The minimum absolute atomic E-state index is 0.494. The predicted molar refractivity (Wildman–Crippen MR) is 105 cm³/mol. The van der Waals surface area contributed by atoms with E-state index in [0.717, 1.165) is 22.6 Å². The van der Waals surface area contributed by atoms with E-state index >= 15 is 0 Å². The van der Waals surface area contributed by atoms with Crippen LogP contribution in [0.4, 0.5) is 0 Å². The first-order valence-electron chi connectivity index (χ1n) is 9.28. The van der Waals surface area contributed by atoms with Crippen LogP contribution in [-0.4, -0.2) is 52.9 Å². The zero-order chi connectivity index (χ0) is 18.6. The summed E-state index contributed by atoms with van der Waals surface area (Å²) >= 11 is 0. The third-order valence-electron chi connectivity index (χ3n) is 3.99. The second kappa shape index (κ2) is 11.4. The minimum Gasteiger partial charge on any atom is -0.491 e. The lowest BCUT2D eigenvalue weighted by atomic mass is 10.1. The van der Waals surface area contributed by atoms with Crippen LogP contribution < -0.4 is 9.47 Å². The minimum atomic E-state index is 0.494. The van der Waals surface area contributed by atoms with Gasteiger partial charge < -0.3 is 23.7 Å². The van der Waals surface area contributed by atoms with Gasteiger partial charge in [0.05, 0.1) is 39.6 Å². The molecule has 3 rings (SSSR count). The molecule has 0 atom stereocenters. The van der Waals surface area contributed by atoms with Gasteiger partial charge in [-0.1, -0.05) is 48.6 Å². The van der Waals surface area contributed by atoms with Gasteiger partial charge in [0, 0.05) is 11.1 Å². The van der Waals surface area contributed by atoms with E-state index in [1.54, 1.807) is 0 Å². The van der Waals surface area contributed by atoms with Crippen LogP contribution in [0.3, 0.4) is 0 Å². The van der Waals surface area contributed by atoms with Crippen LogP contribution >= 0.6 is 0 Å². The van der Waals surface area contributed by atoms with Crippen molar-refractivity contribution in [2.75, 3.05) is 52.9 Å². The Morgan fingerprint density at radius 2 is 0.815 bits per heavy atom. The fourth-order valence-corrected chi connectivity index (χ4v) is 2.64. The monoisotopic (exact) mass is 370 g/mol. The molecule has 0 saturated heterocycles. The Morgan fingerprint density at radius 1 is 0.444 bits per heavy atom. The second-order valence-corrected chi connectivity index (χ2v) is 5.94. The molecule has 1 heterocycles. The maximum atomic E-state index is 5.87. The van der Waals surface area contributed by atoms with E-state index in [0.29, 0.717) is 52.9 Å². The van der Waals surface area contributed by atoms with Crippen LogP contribution in [0.1, 0.15) is 11.1 Å². The lowest BCUT2D eigenvalue weighted by Crippen LogP contribution is -2.14. The molecule has 0 saturated carbocycles. The third-order valence-corrected chi connectivity index (χ3v) is 3.99. The van der Waals surface area contributed by atoms with Crippen LogP contribution in [0.25, 0.3) is 12.2 Å². The summed E-state index contributed by atoms with van der Waals surface area (Å²) in [5.74, 6) is 1.66. The Bertz CT molecular complexity index is 654. The van der Waals surface area contributed by atoms with Crippen LogP contribution in [0.5, 0.6) is 11.5 Å². The number of hydrogen-bond acceptors (Lipinski definition) is 5. The predicted octanol–water partition coefficient (Wildman–Crippen LogP) is 3.68. The Labute approximate surface area is 160 Å². The highest BCUT2D eigenvalue weighted by Crippen LogP contribution is 2.24. The number of fused-ring (bicyclic) bond motifs is 2. The van der Waals surface area contributed by atoms with Crippen molar-refractivity contribution in [3.8, 4) is 11.5 Å². The third kappa shape index (κ3) is 6.71. The average Bonchev–Trinajstić information content (AvgIpc) is 2.71. The van der Waals surface area contributed by atoms with Crippen LogP contribution in [0.2, 0.25) is 0 Å². The molecule has 0 bridgehead atoms. The van der Waals surface area contributed by atoms with Gasteiger partial charge in [-0.2, -0.15) is 0 Å². The fraction of sp³-hybridized carbons (Fsp3) is 0.364. The van der Waals surface area contributed by atoms with Gasteiger partial charge >= 0.3 is 0 Å². The quantitative estimate of drug-likeness (QED) is 0.708. The summed E-state index contributed by atoms with van der Waals surface area (Å²) in [7, 11) is 0. The number of benzene rings is 2. The maximum Gasteiger partial charge on any atom is 0.126 e. The molecular weight excluding hydrogens is 344 g/mol. The molecule has 2 aromatic rings. The first-order chi connectivity index (χ1) is 13.4. The lowest BCUT2D eigenvalue weighted by Gasteiger charge is -2.10. The van der Waals surface area contributed by atoms with E-state index in [4.69, 9.17) is 23.7 Å². The molecule has 5 heteroatoms. The molecule has 144 valence electrons. The molecule has 0 spiro atoms. The molecule has 2 aromatic carbocycles. The number of hydrogen-bond donors (Lipinski definition) is 0. The van der Waals surface area contributed by atoms with E-state index in [2.05, 4.69) is 0 Å². The Morgan fingerprint density at radius 3 is 1.26 bits per heavy atom. The zero-order valence-corrected chi connectivity index (χ0v) is 15.5. The Balaban J connectivity index is 1.72. The van der Waals surface area contributed by atoms with Gasteiger partial charge in [0.2, 0.25) is 0 Å². The van der Waals surface area contributed by atoms with E-state index < -0.39 is 0 Å². The molecule has 0 unspecified atom stereocenters. The Hall–Kier alpha value is -2.34. The summed E-state index contributed by atoms with van der Waals surface area (Å²) in [5.41, 5.74) is 2.02. The molecule has 1 aliphatic heterocycles. The molecule has 0 amide bonds. The molecule has 0 aromatic heterocycles. The molecule has 27 heavy (non-hydrogen) atoms. The van der Waals surface area contributed by atoms with Gasteiger partial charge in [0.1, 0.15) is 24.7 Å². The summed E-state index contributed by atoms with van der Waals surface area (Å²) in [6.45, 7) is 4.22. The molecular formula is C22H26O5. The van der Waals surface area contributed by atoms with Crippen molar-refractivity contribution in [3.05, 3.63) is 59.7 Å². The summed E-state index contributed by atoms with van der Waals surface area (Å²) in [6, 6.07) is 15.9. The Kier molecular flexibility index (Phi) is 8.19. The summed E-state index contributed by atoms with van der Waals surface area (Å²) in [4.78, 5) is 0. The van der Waals surface area contributed by atoms with Crippen molar-refractivity contribution in [3.63, 3.8) is 0 Å². The standard InChI is InChI=1S/C22H26O5/c1-3-7-21-19(5-1)9-10-20-6-2-4-8-22(20)27-18-16-25-14-12-23-11-13-24-15-17-26-21/h1-10H,11-18H2/b10-9-. The van der Waals surface area contributed by atoms with Crippen molar-refractivity contribution in [2.45, 2.75) is 0 Å². The first-order valence-corrected chi connectivity index (χ1v) is 9.28. The summed E-state index contributed by atoms with van der Waals surface area (Å²) in [5, 5.41) is 0. The molecule has 0 N–H and O–H groups in total. The molecule has 5 nitrogen and oxygen atoms in total. The fourth-order valence-electron chi connectivity index (χ4n) is 2.64. The van der Waals surface area contributed by atoms with Crippen molar-refractivity contribution in [1.29, 1.82) is 0 Å². The van der Waals surface area contributed by atoms with Gasteiger partial charge in [0.25, 0.3) is 0 Å². The van der Waals surface area contributed by atoms with Crippen LogP contribution in [-0.2, 0) is 14.2 Å². The highest BCUT2D eigenvalue weighted by Gasteiger charge is 2.03. The zero-order valence-electron chi connectivity index (χ0n) is 15.5. The highest BCUT2D eigenvalue weighted by atomic mass is 16.6. The average molecular weight is 370 g/mol. The van der Waals surface area contributed by atoms with Crippen molar-refractivity contribution in [2.24, 2.45) is 0 Å². The smallest absolute Gasteiger partial charge is 0.126 e. The topological polar surface area (TPSA) is 46.2 Å². The summed E-state index contributed by atoms with van der Waals surface area (Å²) in [6.07, 6.45) is 4.08. The van der Waals surface area contributed by atoms with E-state index in [1.807, 2.05) is 60.7 Å². The summed E-state index contributed by atoms with van der Waals surface area (Å²) < 4.78 is 28.3. The largest absolute Gasteiger partial charge is 0.491 e. The van der Waals surface area contributed by atoms with Gasteiger partial charge in [0.15, 0.2) is 0 Å². The normalized spacial score (nSPS) is 18.4. The van der Waals surface area contributed by atoms with Gasteiger partial charge in [-0.3, -0.25) is 0 Å². The number of rotatable bonds is 0. The number of para-hydroxylation sites is 2. The van der Waals surface area contributed by atoms with Gasteiger partial charge in [-0.15, -0.1) is 0 Å². The van der Waals surface area contributed by atoms with Crippen molar-refractivity contribution < 1.29 is 23.7 Å².